The van der Waals surface area contributed by atoms with E-state index in [2.05, 4.69) is 0 Å². The van der Waals surface area contributed by atoms with E-state index in [1.807, 2.05) is 0 Å². The van der Waals surface area contributed by atoms with Gasteiger partial charge in [0.2, 0.25) is 0 Å². The zero-order valence-electron chi connectivity index (χ0n) is 9.80. The van der Waals surface area contributed by atoms with E-state index in [4.69, 9.17) is 5.11 Å². The number of rotatable bonds is 2. The first-order chi connectivity index (χ1) is 8.58. The first-order valence-corrected chi connectivity index (χ1v) is 5.85. The lowest BCUT2D eigenvalue weighted by atomic mass is 9.97. The number of carbonyl (C=O) groups excluding carboxylic acids is 1. The Hall–Kier alpha value is -1.91. The van der Waals surface area contributed by atoms with Gasteiger partial charge >= 0.3 is 5.97 Å². The van der Waals surface area contributed by atoms with Crippen molar-refractivity contribution in [2.75, 3.05) is 13.1 Å². The zero-order chi connectivity index (χ0) is 13.1. The molecule has 96 valence electrons. The maximum Gasteiger partial charge on any atom is 0.308 e. The van der Waals surface area contributed by atoms with Crippen LogP contribution in [-0.4, -0.2) is 35.0 Å². The average Bonchev–Trinajstić information content (AvgIpc) is 2.38. The number of hydrogen-bond acceptors (Lipinski definition) is 2. The number of aliphatic carboxylic acids is 1. The summed E-state index contributed by atoms with van der Waals surface area (Å²) < 4.78 is 13.0. The van der Waals surface area contributed by atoms with Crippen molar-refractivity contribution in [1.29, 1.82) is 0 Å². The Labute approximate surface area is 104 Å². The van der Waals surface area contributed by atoms with Crippen LogP contribution in [0.3, 0.4) is 0 Å². The van der Waals surface area contributed by atoms with Crippen LogP contribution in [0.25, 0.3) is 0 Å². The minimum atomic E-state index is -0.883. The number of benzene rings is 1. The molecule has 18 heavy (non-hydrogen) atoms. The van der Waals surface area contributed by atoms with Crippen LogP contribution in [0.2, 0.25) is 0 Å². The van der Waals surface area contributed by atoms with E-state index < -0.39 is 17.7 Å². The quantitative estimate of drug-likeness (QED) is 0.871. The number of nitrogens with zero attached hydrogens (tertiary/aromatic N) is 1. The Morgan fingerprint density at radius 1 is 1.39 bits per heavy atom. The van der Waals surface area contributed by atoms with E-state index in [9.17, 15) is 14.0 Å². The summed E-state index contributed by atoms with van der Waals surface area (Å²) in [5.41, 5.74) is 0.265. The molecule has 0 radical (unpaired) electrons. The third kappa shape index (κ3) is 2.67. The molecule has 4 nitrogen and oxygen atoms in total. The SMILES string of the molecule is O=C(O)C1CCCN(C(=O)c2cccc(F)c2)C1. The molecule has 1 N–H and O–H groups in total. The summed E-state index contributed by atoms with van der Waals surface area (Å²) >= 11 is 0. The van der Waals surface area contributed by atoms with Crippen molar-refractivity contribution in [3.63, 3.8) is 0 Å². The Kier molecular flexibility index (Phi) is 3.60. The van der Waals surface area contributed by atoms with Gasteiger partial charge in [-0.05, 0) is 31.0 Å². The van der Waals surface area contributed by atoms with E-state index in [0.717, 1.165) is 0 Å². The maximum absolute atomic E-state index is 13.0. The fourth-order valence-electron chi connectivity index (χ4n) is 2.17. The summed E-state index contributed by atoms with van der Waals surface area (Å²) in [6, 6.07) is 5.46. The number of carboxylic acid groups (broad SMARTS) is 1. The Bertz CT molecular complexity index is 475. The molecular formula is C13H14FNO3. The highest BCUT2D eigenvalue weighted by Crippen LogP contribution is 2.19. The average molecular weight is 251 g/mol. The molecule has 1 aromatic rings. The molecule has 1 aliphatic heterocycles. The smallest absolute Gasteiger partial charge is 0.308 e. The van der Waals surface area contributed by atoms with Gasteiger partial charge in [-0.25, -0.2) is 4.39 Å². The number of likely N-dealkylation sites (tertiary alicyclic amines) is 1. The van der Waals surface area contributed by atoms with E-state index in [1.54, 1.807) is 0 Å². The summed E-state index contributed by atoms with van der Waals surface area (Å²) in [5.74, 6) is -2.17. The minimum Gasteiger partial charge on any atom is -0.481 e. The van der Waals surface area contributed by atoms with Crippen LogP contribution in [0.15, 0.2) is 24.3 Å². The Morgan fingerprint density at radius 2 is 2.17 bits per heavy atom. The lowest BCUT2D eigenvalue weighted by Crippen LogP contribution is -2.42. The molecule has 1 aromatic carbocycles. The molecular weight excluding hydrogens is 237 g/mol. The van der Waals surface area contributed by atoms with Gasteiger partial charge in [0.1, 0.15) is 5.82 Å². The van der Waals surface area contributed by atoms with Crippen molar-refractivity contribution in [2.24, 2.45) is 5.92 Å². The van der Waals surface area contributed by atoms with E-state index >= 15 is 0 Å². The lowest BCUT2D eigenvalue weighted by Gasteiger charge is -2.30. The predicted octanol–water partition coefficient (Wildman–Crippen LogP) is 1.76. The molecule has 5 heteroatoms. The fraction of sp³-hybridized carbons (Fsp3) is 0.385. The number of piperidine rings is 1. The molecule has 0 saturated carbocycles. The van der Waals surface area contributed by atoms with Crippen LogP contribution in [0, 0.1) is 11.7 Å². The molecule has 1 unspecified atom stereocenters. The second-order valence-electron chi connectivity index (χ2n) is 4.44. The first kappa shape index (κ1) is 12.5. The second kappa shape index (κ2) is 5.16. The highest BCUT2D eigenvalue weighted by atomic mass is 19.1. The number of amides is 1. The van der Waals surface area contributed by atoms with Crippen LogP contribution in [-0.2, 0) is 4.79 Å². The second-order valence-corrected chi connectivity index (χ2v) is 4.44. The molecule has 1 saturated heterocycles. The number of hydrogen-bond donors (Lipinski definition) is 1. The lowest BCUT2D eigenvalue weighted by molar-refractivity contribution is -0.143. The highest BCUT2D eigenvalue weighted by Gasteiger charge is 2.28. The van der Waals surface area contributed by atoms with Gasteiger partial charge in [0.15, 0.2) is 0 Å². The van der Waals surface area contributed by atoms with Gasteiger partial charge in [-0.15, -0.1) is 0 Å². The number of carbonyl (C=O) groups is 2. The van der Waals surface area contributed by atoms with Crippen molar-refractivity contribution < 1.29 is 19.1 Å². The normalized spacial score (nSPS) is 19.6. The third-order valence-corrected chi connectivity index (χ3v) is 3.13. The van der Waals surface area contributed by atoms with Crippen molar-refractivity contribution >= 4 is 11.9 Å². The number of halogens is 1. The van der Waals surface area contributed by atoms with Crippen LogP contribution in [0.4, 0.5) is 4.39 Å². The van der Waals surface area contributed by atoms with Crippen molar-refractivity contribution in [1.82, 2.24) is 4.90 Å². The predicted molar refractivity (Wildman–Crippen MR) is 62.7 cm³/mol. The largest absolute Gasteiger partial charge is 0.481 e. The van der Waals surface area contributed by atoms with Crippen molar-refractivity contribution in [2.45, 2.75) is 12.8 Å². The molecule has 1 heterocycles. The molecule has 0 bridgehead atoms. The van der Waals surface area contributed by atoms with Crippen molar-refractivity contribution in [3.8, 4) is 0 Å². The molecule has 0 aromatic heterocycles. The van der Waals surface area contributed by atoms with Gasteiger partial charge in [-0.3, -0.25) is 9.59 Å². The topological polar surface area (TPSA) is 57.6 Å². The molecule has 0 aliphatic carbocycles. The van der Waals surface area contributed by atoms with Gasteiger partial charge in [0.05, 0.1) is 5.92 Å². The molecule has 2 rings (SSSR count). The summed E-state index contributed by atoms with van der Waals surface area (Å²) in [7, 11) is 0. The highest BCUT2D eigenvalue weighted by molar-refractivity contribution is 5.94. The van der Waals surface area contributed by atoms with Gasteiger partial charge in [-0.2, -0.15) is 0 Å². The Balaban J connectivity index is 2.11. The zero-order valence-corrected chi connectivity index (χ0v) is 9.80. The fourth-order valence-corrected chi connectivity index (χ4v) is 2.17. The van der Waals surface area contributed by atoms with Gasteiger partial charge in [0.25, 0.3) is 5.91 Å². The first-order valence-electron chi connectivity index (χ1n) is 5.85. The molecule has 1 fully saturated rings. The van der Waals surface area contributed by atoms with E-state index in [0.29, 0.717) is 19.4 Å². The van der Waals surface area contributed by atoms with Gasteiger partial charge < -0.3 is 10.0 Å². The maximum atomic E-state index is 13.0. The minimum absolute atomic E-state index is 0.199. The number of carboxylic acids is 1. The molecule has 1 amide bonds. The van der Waals surface area contributed by atoms with Crippen LogP contribution >= 0.6 is 0 Å². The monoisotopic (exact) mass is 251 g/mol. The summed E-state index contributed by atoms with van der Waals surface area (Å²) in [5, 5.41) is 8.95. The van der Waals surface area contributed by atoms with Crippen LogP contribution < -0.4 is 0 Å². The molecule has 1 aliphatic rings. The van der Waals surface area contributed by atoms with Crippen LogP contribution in [0.1, 0.15) is 23.2 Å². The van der Waals surface area contributed by atoms with Crippen molar-refractivity contribution in [3.05, 3.63) is 35.6 Å². The molecule has 1 atom stereocenters. The summed E-state index contributed by atoms with van der Waals surface area (Å²) in [6.45, 7) is 0.726. The van der Waals surface area contributed by atoms with E-state index in [-0.39, 0.29) is 18.0 Å². The summed E-state index contributed by atoms with van der Waals surface area (Å²) in [6.07, 6.45) is 1.25. The standard InChI is InChI=1S/C13H14FNO3/c14-11-5-1-3-9(7-11)12(16)15-6-2-4-10(8-15)13(17)18/h1,3,5,7,10H,2,4,6,8H2,(H,17,18). The third-order valence-electron chi connectivity index (χ3n) is 3.13. The van der Waals surface area contributed by atoms with Crippen LogP contribution in [0.5, 0.6) is 0 Å². The van der Waals surface area contributed by atoms with E-state index in [1.165, 1.54) is 29.2 Å². The summed E-state index contributed by atoms with van der Waals surface area (Å²) in [4.78, 5) is 24.5. The Morgan fingerprint density at radius 3 is 2.83 bits per heavy atom. The van der Waals surface area contributed by atoms with Gasteiger partial charge in [0, 0.05) is 18.7 Å². The van der Waals surface area contributed by atoms with Gasteiger partial charge in [-0.1, -0.05) is 6.07 Å². The molecule has 0 spiro atoms.